The summed E-state index contributed by atoms with van der Waals surface area (Å²) in [5.74, 6) is 0. The molecule has 1 aromatic rings. The van der Waals surface area contributed by atoms with E-state index < -0.39 is 6.04 Å². The van der Waals surface area contributed by atoms with E-state index in [1.807, 2.05) is 6.07 Å². The number of hydrogen-bond donors (Lipinski definition) is 0. The minimum absolute atomic E-state index is 0.356. The molecule has 0 aromatic carbocycles. The monoisotopic (exact) mass is 176 g/mol. The lowest BCUT2D eigenvalue weighted by molar-refractivity contribution is -0.108. The van der Waals surface area contributed by atoms with Gasteiger partial charge in [0.2, 0.25) is 0 Å². The van der Waals surface area contributed by atoms with Crippen molar-refractivity contribution in [1.29, 1.82) is 0 Å². The summed E-state index contributed by atoms with van der Waals surface area (Å²) >= 11 is 0. The normalized spacial score (nSPS) is 11.4. The summed E-state index contributed by atoms with van der Waals surface area (Å²) in [6.07, 6.45) is 2.61. The molecule has 0 aliphatic heterocycles. The molecule has 1 aromatic heterocycles. The molecule has 0 radical (unpaired) electrons. The number of hydrogen-bond acceptors (Lipinski definition) is 3. The Labute approximate surface area is 75.0 Å². The first-order valence-corrected chi connectivity index (χ1v) is 3.76. The largest absolute Gasteiger partial charge is 0.303 e. The fourth-order valence-corrected chi connectivity index (χ4v) is 0.916. The quantitative estimate of drug-likeness (QED) is 0.301. The van der Waals surface area contributed by atoms with Crippen LogP contribution in [0.2, 0.25) is 0 Å². The van der Waals surface area contributed by atoms with Crippen molar-refractivity contribution in [3.05, 3.63) is 40.5 Å². The van der Waals surface area contributed by atoms with Gasteiger partial charge in [-0.15, -0.1) is 0 Å². The Morgan fingerprint density at radius 2 is 2.54 bits per heavy atom. The molecule has 1 unspecified atom stereocenters. The summed E-state index contributed by atoms with van der Waals surface area (Å²) in [5, 5.41) is 3.31. The van der Waals surface area contributed by atoms with Crippen molar-refractivity contribution >= 4 is 6.29 Å². The Morgan fingerprint density at radius 1 is 1.69 bits per heavy atom. The number of rotatable bonds is 4. The number of aldehydes is 1. The Bertz CT molecular complexity index is 318. The van der Waals surface area contributed by atoms with Crippen LogP contribution in [0.1, 0.15) is 5.69 Å². The zero-order valence-corrected chi connectivity index (χ0v) is 6.87. The SMILES string of the molecule is [N-]=[N+]=NC(C=O)Cc1ccccn1. The van der Waals surface area contributed by atoms with Crippen LogP contribution in [0.3, 0.4) is 0 Å². The van der Waals surface area contributed by atoms with Crippen molar-refractivity contribution in [3.63, 3.8) is 0 Å². The van der Waals surface area contributed by atoms with Gasteiger partial charge in [-0.2, -0.15) is 0 Å². The molecule has 0 bridgehead atoms. The third-order valence-corrected chi connectivity index (χ3v) is 1.50. The molecule has 0 aliphatic rings. The number of nitrogens with zero attached hydrogens (tertiary/aromatic N) is 4. The van der Waals surface area contributed by atoms with E-state index in [1.165, 1.54) is 0 Å². The first-order valence-electron chi connectivity index (χ1n) is 3.76. The van der Waals surface area contributed by atoms with Crippen molar-refractivity contribution in [3.8, 4) is 0 Å². The molecule has 1 rings (SSSR count). The highest BCUT2D eigenvalue weighted by Crippen LogP contribution is 2.00. The smallest absolute Gasteiger partial charge is 0.129 e. The molecule has 5 heteroatoms. The second kappa shape index (κ2) is 4.90. The third-order valence-electron chi connectivity index (χ3n) is 1.50. The fraction of sp³-hybridized carbons (Fsp3) is 0.250. The highest BCUT2D eigenvalue weighted by atomic mass is 16.1. The summed E-state index contributed by atoms with van der Waals surface area (Å²) in [5.41, 5.74) is 8.87. The van der Waals surface area contributed by atoms with E-state index in [4.69, 9.17) is 5.53 Å². The molecule has 13 heavy (non-hydrogen) atoms. The average molecular weight is 176 g/mol. The van der Waals surface area contributed by atoms with Gasteiger partial charge < -0.3 is 4.79 Å². The maximum Gasteiger partial charge on any atom is 0.129 e. The van der Waals surface area contributed by atoms with Gasteiger partial charge in [-0.25, -0.2) is 0 Å². The van der Waals surface area contributed by atoms with Crippen LogP contribution in [0.15, 0.2) is 29.5 Å². The summed E-state index contributed by atoms with van der Waals surface area (Å²) in [4.78, 5) is 17.0. The number of carbonyl (C=O) groups excluding carboxylic acids is 1. The number of azide groups is 1. The Kier molecular flexibility index (Phi) is 3.47. The standard InChI is InChI=1S/C8H8N4O/c9-12-11-8(6-13)5-7-3-1-2-4-10-7/h1-4,6,8H,5H2. The predicted octanol–water partition coefficient (Wildman–Crippen LogP) is 1.50. The first-order chi connectivity index (χ1) is 6.36. The molecule has 0 saturated carbocycles. The molecule has 0 N–H and O–H groups in total. The van der Waals surface area contributed by atoms with Crippen molar-refractivity contribution in [1.82, 2.24) is 4.98 Å². The van der Waals surface area contributed by atoms with Crippen LogP contribution < -0.4 is 0 Å². The van der Waals surface area contributed by atoms with E-state index in [2.05, 4.69) is 15.0 Å². The minimum atomic E-state index is -0.653. The number of carbonyl (C=O) groups is 1. The highest BCUT2D eigenvalue weighted by molar-refractivity contribution is 5.58. The van der Waals surface area contributed by atoms with Crippen LogP contribution >= 0.6 is 0 Å². The molecule has 0 spiro atoms. The lowest BCUT2D eigenvalue weighted by Crippen LogP contribution is -2.09. The van der Waals surface area contributed by atoms with Crippen molar-refractivity contribution in [2.45, 2.75) is 12.5 Å². The predicted molar refractivity (Wildman–Crippen MR) is 46.9 cm³/mol. The van der Waals surface area contributed by atoms with Crippen LogP contribution in [0.4, 0.5) is 0 Å². The average Bonchev–Trinajstić information content (AvgIpc) is 2.19. The van der Waals surface area contributed by atoms with Gasteiger partial charge in [-0.3, -0.25) is 4.98 Å². The lowest BCUT2D eigenvalue weighted by atomic mass is 10.2. The maximum absolute atomic E-state index is 10.4. The fourth-order valence-electron chi connectivity index (χ4n) is 0.916. The van der Waals surface area contributed by atoms with Crippen LogP contribution in [0.5, 0.6) is 0 Å². The van der Waals surface area contributed by atoms with E-state index >= 15 is 0 Å². The minimum Gasteiger partial charge on any atom is -0.303 e. The van der Waals surface area contributed by atoms with Crippen molar-refractivity contribution < 1.29 is 4.79 Å². The molecule has 0 saturated heterocycles. The maximum atomic E-state index is 10.4. The molecule has 0 amide bonds. The highest BCUT2D eigenvalue weighted by Gasteiger charge is 2.05. The van der Waals surface area contributed by atoms with E-state index in [1.54, 1.807) is 18.3 Å². The van der Waals surface area contributed by atoms with E-state index in [0.717, 1.165) is 5.69 Å². The van der Waals surface area contributed by atoms with E-state index in [-0.39, 0.29) is 0 Å². The van der Waals surface area contributed by atoms with Gasteiger partial charge in [0.15, 0.2) is 0 Å². The Hall–Kier alpha value is -1.87. The van der Waals surface area contributed by atoms with Gasteiger partial charge in [0.25, 0.3) is 0 Å². The number of pyridine rings is 1. The summed E-state index contributed by atoms with van der Waals surface area (Å²) in [6.45, 7) is 0. The summed E-state index contributed by atoms with van der Waals surface area (Å²) in [6, 6.07) is 4.73. The second-order valence-corrected chi connectivity index (χ2v) is 2.43. The molecule has 1 atom stereocenters. The van der Waals surface area contributed by atoms with E-state index in [0.29, 0.717) is 12.7 Å². The third kappa shape index (κ3) is 2.92. The number of aromatic nitrogens is 1. The van der Waals surface area contributed by atoms with Crippen LogP contribution in [0.25, 0.3) is 10.4 Å². The Morgan fingerprint density at radius 3 is 3.08 bits per heavy atom. The molecular formula is C8H8N4O. The topological polar surface area (TPSA) is 78.7 Å². The van der Waals surface area contributed by atoms with Gasteiger partial charge in [0.05, 0.1) is 6.04 Å². The molecule has 0 fully saturated rings. The molecule has 5 nitrogen and oxygen atoms in total. The van der Waals surface area contributed by atoms with Gasteiger partial charge >= 0.3 is 0 Å². The van der Waals surface area contributed by atoms with Gasteiger partial charge in [0, 0.05) is 23.2 Å². The van der Waals surface area contributed by atoms with Gasteiger partial charge in [-0.05, 0) is 17.7 Å². The second-order valence-electron chi connectivity index (χ2n) is 2.43. The van der Waals surface area contributed by atoms with E-state index in [9.17, 15) is 4.79 Å². The van der Waals surface area contributed by atoms with Crippen LogP contribution in [-0.4, -0.2) is 17.3 Å². The summed E-state index contributed by atoms with van der Waals surface area (Å²) < 4.78 is 0. The zero-order chi connectivity index (χ0) is 9.52. The van der Waals surface area contributed by atoms with Crippen molar-refractivity contribution in [2.24, 2.45) is 5.11 Å². The first kappa shape index (κ1) is 9.22. The Balaban J connectivity index is 2.67. The molecular weight excluding hydrogens is 168 g/mol. The zero-order valence-electron chi connectivity index (χ0n) is 6.87. The van der Waals surface area contributed by atoms with Gasteiger partial charge in [0.1, 0.15) is 6.29 Å². The van der Waals surface area contributed by atoms with Crippen molar-refractivity contribution in [2.75, 3.05) is 0 Å². The van der Waals surface area contributed by atoms with Crippen LogP contribution in [0, 0.1) is 0 Å². The molecule has 66 valence electrons. The van der Waals surface area contributed by atoms with Gasteiger partial charge in [-0.1, -0.05) is 11.2 Å². The lowest BCUT2D eigenvalue weighted by Gasteiger charge is -2.00. The molecule has 0 aliphatic carbocycles. The summed E-state index contributed by atoms with van der Waals surface area (Å²) in [7, 11) is 0. The molecule has 1 heterocycles. The van der Waals surface area contributed by atoms with Crippen LogP contribution in [-0.2, 0) is 11.2 Å².